The van der Waals surface area contributed by atoms with Crippen LogP contribution in [-0.2, 0) is 10.0 Å². The van der Waals surface area contributed by atoms with Crippen molar-refractivity contribution in [3.63, 3.8) is 0 Å². The monoisotopic (exact) mass is 333 g/mol. The minimum atomic E-state index is -3.46. The summed E-state index contributed by atoms with van der Waals surface area (Å²) in [6, 6.07) is 3.22. The fraction of sp³-hybridized carbons (Fsp3) is 0.400. The van der Waals surface area contributed by atoms with Crippen LogP contribution in [0.2, 0.25) is 0 Å². The summed E-state index contributed by atoms with van der Waals surface area (Å²) >= 11 is 0. The molecule has 0 radical (unpaired) electrons. The molecule has 0 aliphatic carbocycles. The average molecular weight is 333 g/mol. The lowest BCUT2D eigenvalue weighted by atomic mass is 9.95. The van der Waals surface area contributed by atoms with E-state index >= 15 is 0 Å². The van der Waals surface area contributed by atoms with E-state index in [0.29, 0.717) is 13.1 Å². The number of rotatable bonds is 4. The molecule has 1 N–H and O–H groups in total. The SMILES string of the molecule is CNc1cncc(C2CCN(S(=O)(=O)c3cccnc3)CC2)n1. The maximum absolute atomic E-state index is 12.6. The summed E-state index contributed by atoms with van der Waals surface area (Å²) in [4.78, 5) is 12.8. The Morgan fingerprint density at radius 1 is 1.17 bits per heavy atom. The van der Waals surface area contributed by atoms with Crippen LogP contribution in [0.15, 0.2) is 41.8 Å². The van der Waals surface area contributed by atoms with E-state index in [2.05, 4.69) is 20.3 Å². The highest BCUT2D eigenvalue weighted by Crippen LogP contribution is 2.29. The van der Waals surface area contributed by atoms with Gasteiger partial charge in [0.25, 0.3) is 0 Å². The highest BCUT2D eigenvalue weighted by Gasteiger charge is 2.30. The van der Waals surface area contributed by atoms with Crippen molar-refractivity contribution < 1.29 is 8.42 Å². The Hall–Kier alpha value is -2.06. The molecule has 0 bridgehead atoms. The standard InChI is InChI=1S/C15H19N5O2S/c1-16-15-11-18-10-14(19-15)12-4-7-20(8-5-12)23(21,22)13-3-2-6-17-9-13/h2-3,6,9-12H,4-5,7-8H2,1H3,(H,16,19). The number of anilines is 1. The zero-order chi connectivity index (χ0) is 16.3. The van der Waals surface area contributed by atoms with Gasteiger partial charge in [-0.1, -0.05) is 0 Å². The molecule has 0 aromatic carbocycles. The third-order valence-corrected chi connectivity index (χ3v) is 5.94. The van der Waals surface area contributed by atoms with E-state index in [1.165, 1.54) is 10.5 Å². The predicted octanol–water partition coefficient (Wildman–Crippen LogP) is 1.48. The predicted molar refractivity (Wildman–Crippen MR) is 86.5 cm³/mol. The molecular weight excluding hydrogens is 314 g/mol. The summed E-state index contributed by atoms with van der Waals surface area (Å²) in [7, 11) is -1.66. The van der Waals surface area contributed by atoms with Gasteiger partial charge < -0.3 is 5.32 Å². The summed E-state index contributed by atoms with van der Waals surface area (Å²) < 4.78 is 26.7. The number of pyridine rings is 1. The van der Waals surface area contributed by atoms with Crippen molar-refractivity contribution in [2.24, 2.45) is 0 Å². The van der Waals surface area contributed by atoms with Gasteiger partial charge in [0.15, 0.2) is 0 Å². The maximum Gasteiger partial charge on any atom is 0.244 e. The molecule has 0 amide bonds. The Balaban J connectivity index is 1.71. The lowest BCUT2D eigenvalue weighted by Crippen LogP contribution is -2.38. The summed E-state index contributed by atoms with van der Waals surface area (Å²) in [5.41, 5.74) is 0.912. The van der Waals surface area contributed by atoms with Crippen LogP contribution < -0.4 is 5.32 Å². The van der Waals surface area contributed by atoms with Crippen LogP contribution in [0, 0.1) is 0 Å². The second-order valence-electron chi connectivity index (χ2n) is 5.45. The van der Waals surface area contributed by atoms with Crippen LogP contribution in [0.3, 0.4) is 0 Å². The number of sulfonamides is 1. The van der Waals surface area contributed by atoms with Crippen LogP contribution in [0.5, 0.6) is 0 Å². The van der Waals surface area contributed by atoms with E-state index < -0.39 is 10.0 Å². The number of aromatic nitrogens is 3. The van der Waals surface area contributed by atoms with Crippen molar-refractivity contribution in [3.05, 3.63) is 42.6 Å². The zero-order valence-corrected chi connectivity index (χ0v) is 13.7. The molecule has 1 saturated heterocycles. The Kier molecular flexibility index (Phi) is 4.53. The second-order valence-corrected chi connectivity index (χ2v) is 7.38. The Bertz CT molecular complexity index is 758. The minimum Gasteiger partial charge on any atom is -0.372 e. The molecule has 7 nitrogen and oxygen atoms in total. The Morgan fingerprint density at radius 2 is 1.96 bits per heavy atom. The molecule has 122 valence electrons. The van der Waals surface area contributed by atoms with E-state index in [0.717, 1.165) is 24.4 Å². The topological polar surface area (TPSA) is 88.1 Å². The van der Waals surface area contributed by atoms with Gasteiger partial charge in [0.1, 0.15) is 10.7 Å². The summed E-state index contributed by atoms with van der Waals surface area (Å²) in [5.74, 6) is 0.962. The van der Waals surface area contributed by atoms with E-state index in [1.807, 2.05) is 0 Å². The first-order valence-electron chi connectivity index (χ1n) is 7.51. The van der Waals surface area contributed by atoms with Crippen molar-refractivity contribution in [3.8, 4) is 0 Å². The molecule has 1 fully saturated rings. The van der Waals surface area contributed by atoms with E-state index in [1.54, 1.807) is 37.8 Å². The Labute approximate surface area is 135 Å². The second kappa shape index (κ2) is 6.59. The fourth-order valence-corrected chi connectivity index (χ4v) is 4.17. The van der Waals surface area contributed by atoms with Crippen molar-refractivity contribution >= 4 is 15.8 Å². The molecule has 23 heavy (non-hydrogen) atoms. The van der Waals surface area contributed by atoms with Crippen molar-refractivity contribution in [2.75, 3.05) is 25.5 Å². The highest BCUT2D eigenvalue weighted by atomic mass is 32.2. The van der Waals surface area contributed by atoms with Gasteiger partial charge in [-0.25, -0.2) is 13.4 Å². The number of nitrogens with zero attached hydrogens (tertiary/aromatic N) is 4. The largest absolute Gasteiger partial charge is 0.372 e. The summed E-state index contributed by atoms with van der Waals surface area (Å²) in [6.07, 6.45) is 7.87. The lowest BCUT2D eigenvalue weighted by molar-refractivity contribution is 0.316. The number of nitrogens with one attached hydrogen (secondary N) is 1. The number of hydrogen-bond acceptors (Lipinski definition) is 6. The maximum atomic E-state index is 12.6. The van der Waals surface area contributed by atoms with Gasteiger partial charge >= 0.3 is 0 Å². The number of hydrogen-bond donors (Lipinski definition) is 1. The first-order valence-corrected chi connectivity index (χ1v) is 8.95. The van der Waals surface area contributed by atoms with Crippen LogP contribution >= 0.6 is 0 Å². The van der Waals surface area contributed by atoms with Gasteiger partial charge in [0.2, 0.25) is 10.0 Å². The van der Waals surface area contributed by atoms with Gasteiger partial charge in [-0.15, -0.1) is 0 Å². The van der Waals surface area contributed by atoms with Crippen LogP contribution in [0.25, 0.3) is 0 Å². The zero-order valence-electron chi connectivity index (χ0n) is 12.9. The van der Waals surface area contributed by atoms with E-state index in [9.17, 15) is 8.42 Å². The molecule has 2 aromatic rings. The van der Waals surface area contributed by atoms with Gasteiger partial charge in [0, 0.05) is 44.6 Å². The molecule has 0 unspecified atom stereocenters. The third kappa shape index (κ3) is 3.32. The molecule has 8 heteroatoms. The number of piperidine rings is 1. The van der Waals surface area contributed by atoms with Gasteiger partial charge in [-0.05, 0) is 25.0 Å². The first kappa shape index (κ1) is 15.8. The van der Waals surface area contributed by atoms with Crippen LogP contribution in [-0.4, -0.2) is 47.8 Å². The Morgan fingerprint density at radius 3 is 2.61 bits per heavy atom. The quantitative estimate of drug-likeness (QED) is 0.912. The molecule has 2 aromatic heterocycles. The van der Waals surface area contributed by atoms with Crippen LogP contribution in [0.4, 0.5) is 5.82 Å². The molecule has 1 aliphatic rings. The smallest absolute Gasteiger partial charge is 0.244 e. The van der Waals surface area contributed by atoms with Crippen LogP contribution in [0.1, 0.15) is 24.5 Å². The van der Waals surface area contributed by atoms with Gasteiger partial charge in [-0.3, -0.25) is 9.97 Å². The van der Waals surface area contributed by atoms with Crippen molar-refractivity contribution in [2.45, 2.75) is 23.7 Å². The first-order chi connectivity index (χ1) is 11.1. The highest BCUT2D eigenvalue weighted by molar-refractivity contribution is 7.89. The minimum absolute atomic E-state index is 0.233. The third-order valence-electron chi connectivity index (χ3n) is 4.05. The molecule has 1 aliphatic heterocycles. The lowest BCUT2D eigenvalue weighted by Gasteiger charge is -2.30. The molecular formula is C15H19N5O2S. The molecule has 0 spiro atoms. The summed E-state index contributed by atoms with van der Waals surface area (Å²) in [6.45, 7) is 0.959. The summed E-state index contributed by atoms with van der Waals surface area (Å²) in [5, 5.41) is 2.97. The van der Waals surface area contributed by atoms with E-state index in [-0.39, 0.29) is 10.8 Å². The van der Waals surface area contributed by atoms with Crippen molar-refractivity contribution in [1.29, 1.82) is 0 Å². The normalized spacial score (nSPS) is 17.1. The molecule has 3 heterocycles. The average Bonchev–Trinajstić information content (AvgIpc) is 2.62. The van der Waals surface area contributed by atoms with E-state index in [4.69, 9.17) is 0 Å². The van der Waals surface area contributed by atoms with Gasteiger partial charge in [0.05, 0.1) is 11.9 Å². The molecule has 0 saturated carbocycles. The van der Waals surface area contributed by atoms with Crippen molar-refractivity contribution in [1.82, 2.24) is 19.3 Å². The molecule has 3 rings (SSSR count). The molecule has 0 atom stereocenters. The van der Waals surface area contributed by atoms with Gasteiger partial charge in [-0.2, -0.15) is 4.31 Å². The fourth-order valence-electron chi connectivity index (χ4n) is 2.74.